The predicted octanol–water partition coefficient (Wildman–Crippen LogP) is 0.398. The molecule has 0 aliphatic carbocycles. The van der Waals surface area contributed by atoms with Crippen LogP contribution in [-0.2, 0) is 4.74 Å². The number of carbonyl (C=O) groups excluding carboxylic acids is 1. The van der Waals surface area contributed by atoms with E-state index >= 15 is 0 Å². The minimum absolute atomic E-state index is 0.0407. The summed E-state index contributed by atoms with van der Waals surface area (Å²) >= 11 is 0. The number of carbonyl (C=O) groups is 2. The molecule has 0 spiro atoms. The Morgan fingerprint density at radius 1 is 1.22 bits per heavy atom. The van der Waals surface area contributed by atoms with E-state index < -0.39 is 55.5 Å². The highest BCUT2D eigenvalue weighted by atomic mass is 16.6. The molecule has 1 aliphatic heterocycles. The second kappa shape index (κ2) is 8.31. The standard InChI is InChI=1S/C17H15N5O10/c1-32-5-4-18-8-20(11-3-2-9(21(28)29)6-12(11)22(30)31)19-7-10(17(26)27)14(23)15(24)13(19)16(18)25/h2-3,6-7,24H,4-5,8H2,1H3,(H,26,27). The molecule has 2 heterocycles. The van der Waals surface area contributed by atoms with Crippen molar-refractivity contribution in [2.75, 3.05) is 31.9 Å². The van der Waals surface area contributed by atoms with Gasteiger partial charge in [-0.3, -0.25) is 34.8 Å². The van der Waals surface area contributed by atoms with Gasteiger partial charge >= 0.3 is 11.7 Å². The van der Waals surface area contributed by atoms with Crippen LogP contribution in [0.4, 0.5) is 17.1 Å². The number of nitro benzene ring substituents is 2. The van der Waals surface area contributed by atoms with Crippen molar-refractivity contribution in [1.82, 2.24) is 9.58 Å². The Balaban J connectivity index is 2.31. The SMILES string of the molecule is COCCN1CN(c2ccc([N+](=O)[O-])cc2[N+](=O)[O-])n2cc(C(=O)O)c(=O)c(O)c2C1=O. The first-order chi connectivity index (χ1) is 15.1. The number of carboxylic acid groups (broad SMARTS) is 1. The zero-order valence-electron chi connectivity index (χ0n) is 16.3. The van der Waals surface area contributed by atoms with Crippen molar-refractivity contribution in [2.24, 2.45) is 0 Å². The van der Waals surface area contributed by atoms with Crippen LogP contribution in [0.3, 0.4) is 0 Å². The Morgan fingerprint density at radius 3 is 2.47 bits per heavy atom. The molecule has 15 nitrogen and oxygen atoms in total. The van der Waals surface area contributed by atoms with E-state index in [0.29, 0.717) is 6.07 Å². The number of anilines is 1. The van der Waals surface area contributed by atoms with Crippen LogP contribution < -0.4 is 10.4 Å². The fourth-order valence-electron chi connectivity index (χ4n) is 3.13. The maximum atomic E-state index is 12.9. The Hall–Kier alpha value is -4.53. The predicted molar refractivity (Wildman–Crippen MR) is 105 cm³/mol. The molecule has 1 aromatic carbocycles. The molecule has 1 amide bonds. The van der Waals surface area contributed by atoms with Crippen molar-refractivity contribution in [3.8, 4) is 5.75 Å². The van der Waals surface area contributed by atoms with E-state index in [1.807, 2.05) is 0 Å². The third kappa shape index (κ3) is 3.67. The molecule has 168 valence electrons. The highest BCUT2D eigenvalue weighted by Gasteiger charge is 2.37. The Morgan fingerprint density at radius 2 is 1.91 bits per heavy atom. The minimum Gasteiger partial charge on any atom is -0.502 e. The molecule has 2 aromatic rings. The summed E-state index contributed by atoms with van der Waals surface area (Å²) in [5.41, 5.74) is -4.38. The molecule has 15 heteroatoms. The van der Waals surface area contributed by atoms with Gasteiger partial charge < -0.3 is 19.8 Å². The quantitative estimate of drug-likeness (QED) is 0.438. The van der Waals surface area contributed by atoms with Gasteiger partial charge in [0.15, 0.2) is 11.4 Å². The average molecular weight is 449 g/mol. The molecule has 1 aliphatic rings. The largest absolute Gasteiger partial charge is 0.502 e. The van der Waals surface area contributed by atoms with E-state index in [1.165, 1.54) is 7.11 Å². The lowest BCUT2D eigenvalue weighted by Gasteiger charge is -2.39. The summed E-state index contributed by atoms with van der Waals surface area (Å²) in [6.45, 7) is -0.379. The maximum absolute atomic E-state index is 12.9. The maximum Gasteiger partial charge on any atom is 0.341 e. The number of methoxy groups -OCH3 is 1. The van der Waals surface area contributed by atoms with Crippen molar-refractivity contribution in [3.63, 3.8) is 0 Å². The van der Waals surface area contributed by atoms with E-state index in [4.69, 9.17) is 4.74 Å². The summed E-state index contributed by atoms with van der Waals surface area (Å²) in [4.78, 5) is 58.6. The van der Waals surface area contributed by atoms with Gasteiger partial charge in [0.2, 0.25) is 5.43 Å². The Labute approximate surface area is 177 Å². The second-order valence-corrected chi connectivity index (χ2v) is 6.51. The topological polar surface area (TPSA) is 199 Å². The number of hydrogen-bond acceptors (Lipinski definition) is 10. The molecule has 2 N–H and O–H groups in total. The first-order valence-electron chi connectivity index (χ1n) is 8.79. The van der Waals surface area contributed by atoms with Crippen LogP contribution in [-0.4, -0.2) is 68.4 Å². The number of non-ortho nitro benzene ring substituents is 1. The summed E-state index contributed by atoms with van der Waals surface area (Å²) in [5, 5.41) is 43.3. The number of nitro groups is 2. The van der Waals surface area contributed by atoms with Crippen LogP contribution >= 0.6 is 0 Å². The fraction of sp³-hybridized carbons (Fsp3) is 0.235. The number of aromatic hydroxyl groups is 1. The van der Waals surface area contributed by atoms with Crippen LogP contribution in [0.15, 0.2) is 29.2 Å². The second-order valence-electron chi connectivity index (χ2n) is 6.51. The van der Waals surface area contributed by atoms with E-state index in [9.17, 15) is 44.8 Å². The lowest BCUT2D eigenvalue weighted by Crippen LogP contribution is -2.53. The number of benzene rings is 1. The number of aromatic carboxylic acids is 1. The fourth-order valence-corrected chi connectivity index (χ4v) is 3.13. The summed E-state index contributed by atoms with van der Waals surface area (Å²) in [6, 6.07) is 2.73. The zero-order chi connectivity index (χ0) is 23.7. The number of aromatic nitrogens is 1. The molecule has 0 unspecified atom stereocenters. The molecule has 0 bridgehead atoms. The summed E-state index contributed by atoms with van der Waals surface area (Å²) in [6.07, 6.45) is 0.746. The third-order valence-corrected chi connectivity index (χ3v) is 4.66. The minimum atomic E-state index is -1.70. The van der Waals surface area contributed by atoms with Gasteiger partial charge in [-0.15, -0.1) is 0 Å². The Bertz CT molecular complexity index is 1210. The van der Waals surface area contributed by atoms with Crippen LogP contribution in [0.5, 0.6) is 5.75 Å². The lowest BCUT2D eigenvalue weighted by molar-refractivity contribution is -0.393. The number of amides is 1. The van der Waals surface area contributed by atoms with Crippen molar-refractivity contribution in [1.29, 1.82) is 0 Å². The van der Waals surface area contributed by atoms with Gasteiger partial charge in [0.1, 0.15) is 17.9 Å². The van der Waals surface area contributed by atoms with Gasteiger partial charge in [0.05, 0.1) is 22.5 Å². The van der Waals surface area contributed by atoms with Crippen LogP contribution in [0, 0.1) is 20.2 Å². The number of pyridine rings is 1. The van der Waals surface area contributed by atoms with E-state index in [1.54, 1.807) is 0 Å². The highest BCUT2D eigenvalue weighted by molar-refractivity contribution is 5.98. The molecule has 1 aromatic heterocycles. The van der Waals surface area contributed by atoms with Crippen molar-refractivity contribution in [3.05, 3.63) is 66.1 Å². The molecule has 0 saturated carbocycles. The number of hydrogen-bond donors (Lipinski definition) is 2. The van der Waals surface area contributed by atoms with Gasteiger partial charge in [-0.25, -0.2) is 9.47 Å². The van der Waals surface area contributed by atoms with Gasteiger partial charge in [0.25, 0.3) is 11.6 Å². The number of ether oxygens (including phenoxy) is 1. The molecule has 0 radical (unpaired) electrons. The Kier molecular flexibility index (Phi) is 5.75. The average Bonchev–Trinajstić information content (AvgIpc) is 2.74. The van der Waals surface area contributed by atoms with Crippen LogP contribution in [0.1, 0.15) is 20.8 Å². The van der Waals surface area contributed by atoms with Crippen molar-refractivity contribution >= 4 is 28.9 Å². The summed E-state index contributed by atoms with van der Waals surface area (Å²) in [7, 11) is 1.36. The number of fused-ring (bicyclic) bond motifs is 1. The van der Waals surface area contributed by atoms with Crippen LogP contribution in [0.2, 0.25) is 0 Å². The normalized spacial score (nSPS) is 13.1. The van der Waals surface area contributed by atoms with Crippen molar-refractivity contribution < 1.29 is 34.4 Å². The van der Waals surface area contributed by atoms with E-state index in [2.05, 4.69) is 0 Å². The monoisotopic (exact) mass is 449 g/mol. The van der Waals surface area contributed by atoms with E-state index in [-0.39, 0.29) is 25.5 Å². The molecular formula is C17H15N5O10. The molecule has 0 atom stereocenters. The lowest BCUT2D eigenvalue weighted by atomic mass is 10.1. The zero-order valence-corrected chi connectivity index (χ0v) is 16.3. The smallest absolute Gasteiger partial charge is 0.341 e. The highest BCUT2D eigenvalue weighted by Crippen LogP contribution is 2.35. The molecular weight excluding hydrogens is 434 g/mol. The van der Waals surface area contributed by atoms with Crippen LogP contribution in [0.25, 0.3) is 0 Å². The number of carboxylic acids is 1. The number of rotatable bonds is 7. The molecule has 3 rings (SSSR count). The molecule has 32 heavy (non-hydrogen) atoms. The van der Waals surface area contributed by atoms with Gasteiger partial charge in [-0.05, 0) is 6.07 Å². The molecule has 0 fully saturated rings. The van der Waals surface area contributed by atoms with Gasteiger partial charge in [-0.2, -0.15) is 0 Å². The van der Waals surface area contributed by atoms with Crippen molar-refractivity contribution in [2.45, 2.75) is 0 Å². The third-order valence-electron chi connectivity index (χ3n) is 4.66. The van der Waals surface area contributed by atoms with Gasteiger partial charge in [-0.1, -0.05) is 0 Å². The summed E-state index contributed by atoms with van der Waals surface area (Å²) < 4.78 is 5.73. The first kappa shape index (κ1) is 22.2. The number of nitrogens with zero attached hydrogens (tertiary/aromatic N) is 5. The summed E-state index contributed by atoms with van der Waals surface area (Å²) in [5.74, 6) is -3.71. The molecule has 0 saturated heterocycles. The first-order valence-corrected chi connectivity index (χ1v) is 8.79. The van der Waals surface area contributed by atoms with E-state index in [0.717, 1.165) is 32.9 Å². The van der Waals surface area contributed by atoms with Gasteiger partial charge in [0, 0.05) is 25.9 Å².